The van der Waals surface area contributed by atoms with Crippen LogP contribution in [0.1, 0.15) is 54.1 Å². The van der Waals surface area contributed by atoms with Crippen LogP contribution in [0.5, 0.6) is 0 Å². The van der Waals surface area contributed by atoms with Crippen molar-refractivity contribution < 1.29 is 18.3 Å². The summed E-state index contributed by atoms with van der Waals surface area (Å²) in [6.07, 6.45) is 10.1. The number of hydrogen-bond acceptors (Lipinski definition) is 6. The molecular weight excluding hydrogens is 476 g/mol. The number of nitrogens with two attached hydrogens (primary N) is 1. The highest BCUT2D eigenvalue weighted by atomic mass is 19.1. The number of nitrogens with zero attached hydrogens (tertiary/aromatic N) is 4. The van der Waals surface area contributed by atoms with E-state index in [2.05, 4.69) is 21.1 Å². The quantitative estimate of drug-likeness (QED) is 0.415. The van der Waals surface area contributed by atoms with E-state index in [-0.39, 0.29) is 30.5 Å². The molecule has 7 nitrogen and oxygen atoms in total. The highest BCUT2D eigenvalue weighted by molar-refractivity contribution is 5.63. The molecule has 3 aromatic heterocycles. The Labute approximate surface area is 213 Å². The van der Waals surface area contributed by atoms with E-state index in [1.807, 2.05) is 12.4 Å². The average Bonchev–Trinajstić information content (AvgIpc) is 3.26. The van der Waals surface area contributed by atoms with Crippen LogP contribution in [0.15, 0.2) is 48.9 Å². The number of imidazole rings is 1. The van der Waals surface area contributed by atoms with Crippen LogP contribution >= 0.6 is 0 Å². The standard InChI is InChI=1S/C28H29F2N5O2/c1-36-28(15-37-16-28)19-11-23(29)27(24(30)12-19)25-6-5-21-14-33-26(35(21)34-25)10-18-13-32-8-7-22(18)17-3-2-4-20(31)9-17/h5-8,11-14,17,20H,2-4,9-10,15-16,31H2,1H3/t17-,20+/m1/s1. The summed E-state index contributed by atoms with van der Waals surface area (Å²) in [6.45, 7) is 0.515. The molecule has 37 heavy (non-hydrogen) atoms. The highest BCUT2D eigenvalue weighted by Crippen LogP contribution is 2.37. The zero-order valence-corrected chi connectivity index (χ0v) is 20.7. The summed E-state index contributed by atoms with van der Waals surface area (Å²) >= 11 is 0. The van der Waals surface area contributed by atoms with Crippen molar-refractivity contribution in [3.63, 3.8) is 0 Å². The molecule has 1 saturated heterocycles. The number of methoxy groups -OCH3 is 1. The van der Waals surface area contributed by atoms with Crippen LogP contribution in [-0.2, 0) is 21.5 Å². The second kappa shape index (κ2) is 9.55. The van der Waals surface area contributed by atoms with E-state index in [0.29, 0.717) is 23.7 Å². The maximum atomic E-state index is 15.3. The van der Waals surface area contributed by atoms with Gasteiger partial charge in [0, 0.05) is 32.0 Å². The number of ether oxygens (including phenoxy) is 2. The zero-order chi connectivity index (χ0) is 25.6. The molecule has 192 valence electrons. The SMILES string of the molecule is COC1(c2cc(F)c(-c3ccc4cnc(Cc5cnccc5[C@@H]5CCC[C@H](N)C5)n4n3)c(F)c2)COC1. The molecule has 2 atom stereocenters. The first-order chi connectivity index (χ1) is 18.0. The third-order valence-electron chi connectivity index (χ3n) is 7.78. The molecular formula is C28H29F2N5O2. The van der Waals surface area contributed by atoms with E-state index >= 15 is 8.78 Å². The average molecular weight is 506 g/mol. The Morgan fingerprint density at radius 3 is 2.65 bits per heavy atom. The van der Waals surface area contributed by atoms with Crippen molar-refractivity contribution in [3.05, 3.63) is 83.1 Å². The molecule has 9 heteroatoms. The van der Waals surface area contributed by atoms with E-state index in [1.165, 1.54) is 24.8 Å². The number of aromatic nitrogens is 4. The number of benzene rings is 1. The van der Waals surface area contributed by atoms with Crippen molar-refractivity contribution in [2.24, 2.45) is 5.73 Å². The third-order valence-corrected chi connectivity index (χ3v) is 7.78. The molecule has 0 unspecified atom stereocenters. The van der Waals surface area contributed by atoms with Crippen molar-refractivity contribution in [1.29, 1.82) is 0 Å². The lowest BCUT2D eigenvalue weighted by molar-refractivity contribution is -0.202. The topological polar surface area (TPSA) is 87.6 Å². The minimum atomic E-state index is -0.821. The van der Waals surface area contributed by atoms with Gasteiger partial charge in [-0.2, -0.15) is 5.10 Å². The first-order valence-electron chi connectivity index (χ1n) is 12.6. The monoisotopic (exact) mass is 505 g/mol. The minimum absolute atomic E-state index is 0.185. The molecule has 0 bridgehead atoms. The maximum Gasteiger partial charge on any atom is 0.139 e. The van der Waals surface area contributed by atoms with Gasteiger partial charge in [-0.25, -0.2) is 18.3 Å². The highest BCUT2D eigenvalue weighted by Gasteiger charge is 2.41. The Morgan fingerprint density at radius 2 is 1.95 bits per heavy atom. The predicted molar refractivity (Wildman–Crippen MR) is 134 cm³/mol. The Hall–Kier alpha value is -3.27. The van der Waals surface area contributed by atoms with Crippen molar-refractivity contribution in [1.82, 2.24) is 19.6 Å². The maximum absolute atomic E-state index is 15.3. The molecule has 2 N–H and O–H groups in total. The molecule has 2 fully saturated rings. The summed E-state index contributed by atoms with van der Waals surface area (Å²) in [4.78, 5) is 8.93. The summed E-state index contributed by atoms with van der Waals surface area (Å²) in [5, 5.41) is 4.60. The predicted octanol–water partition coefficient (Wildman–Crippen LogP) is 4.52. The molecule has 1 saturated carbocycles. The molecule has 0 spiro atoms. The summed E-state index contributed by atoms with van der Waals surface area (Å²) in [5.41, 5.74) is 8.89. The Kier molecular flexibility index (Phi) is 6.22. The number of halogens is 2. The van der Waals surface area contributed by atoms with E-state index in [1.54, 1.807) is 22.8 Å². The molecule has 2 aliphatic rings. The van der Waals surface area contributed by atoms with Crippen molar-refractivity contribution in [2.75, 3.05) is 20.3 Å². The Morgan fingerprint density at radius 1 is 1.14 bits per heavy atom. The number of fused-ring (bicyclic) bond motifs is 1. The largest absolute Gasteiger partial charge is 0.375 e. The van der Waals surface area contributed by atoms with Crippen molar-refractivity contribution >= 4 is 5.52 Å². The fraction of sp³-hybridized carbons (Fsp3) is 0.393. The van der Waals surface area contributed by atoms with Crippen LogP contribution in [0.3, 0.4) is 0 Å². The van der Waals surface area contributed by atoms with E-state index in [4.69, 9.17) is 15.2 Å². The van der Waals surface area contributed by atoms with Gasteiger partial charge in [-0.15, -0.1) is 0 Å². The number of pyridine rings is 1. The van der Waals surface area contributed by atoms with Gasteiger partial charge < -0.3 is 15.2 Å². The third kappa shape index (κ3) is 4.31. The van der Waals surface area contributed by atoms with Crippen LogP contribution in [0, 0.1) is 11.6 Å². The van der Waals surface area contributed by atoms with E-state index in [0.717, 1.165) is 36.8 Å². The van der Waals surface area contributed by atoms with Gasteiger partial charge in [-0.1, -0.05) is 6.42 Å². The second-order valence-corrected chi connectivity index (χ2v) is 10.1. The van der Waals surface area contributed by atoms with Gasteiger partial charge in [0.05, 0.1) is 36.2 Å². The van der Waals surface area contributed by atoms with Crippen LogP contribution in [0.2, 0.25) is 0 Å². The van der Waals surface area contributed by atoms with Crippen molar-refractivity contribution in [2.45, 2.75) is 49.7 Å². The summed E-state index contributed by atoms with van der Waals surface area (Å²) in [7, 11) is 1.51. The number of rotatable bonds is 6. The lowest BCUT2D eigenvalue weighted by Crippen LogP contribution is -2.48. The fourth-order valence-electron chi connectivity index (χ4n) is 5.62. The van der Waals surface area contributed by atoms with Crippen LogP contribution in [0.4, 0.5) is 8.78 Å². The lowest BCUT2D eigenvalue weighted by Gasteiger charge is -2.40. The molecule has 1 aliphatic carbocycles. The molecule has 1 aliphatic heterocycles. The first kappa shape index (κ1) is 24.1. The molecule has 0 radical (unpaired) electrons. The van der Waals surface area contributed by atoms with Crippen molar-refractivity contribution in [3.8, 4) is 11.3 Å². The molecule has 1 aromatic carbocycles. The zero-order valence-electron chi connectivity index (χ0n) is 20.7. The molecule has 6 rings (SSSR count). The summed E-state index contributed by atoms with van der Waals surface area (Å²) in [5.74, 6) is -0.340. The van der Waals surface area contributed by atoms with Gasteiger partial charge in [-0.3, -0.25) is 4.98 Å². The normalized spacial score (nSPS) is 21.2. The van der Waals surface area contributed by atoms with Crippen LogP contribution < -0.4 is 5.73 Å². The van der Waals surface area contributed by atoms with E-state index < -0.39 is 17.2 Å². The molecule has 4 heterocycles. The summed E-state index contributed by atoms with van der Waals surface area (Å²) in [6, 6.07) is 8.28. The smallest absolute Gasteiger partial charge is 0.139 e. The summed E-state index contributed by atoms with van der Waals surface area (Å²) < 4.78 is 42.9. The van der Waals surface area contributed by atoms with Gasteiger partial charge in [0.2, 0.25) is 0 Å². The first-order valence-corrected chi connectivity index (χ1v) is 12.6. The van der Waals surface area contributed by atoms with Gasteiger partial charge in [0.1, 0.15) is 23.1 Å². The number of hydrogen-bond donors (Lipinski definition) is 1. The van der Waals surface area contributed by atoms with Gasteiger partial charge in [-0.05, 0) is 72.2 Å². The second-order valence-electron chi connectivity index (χ2n) is 10.1. The van der Waals surface area contributed by atoms with Gasteiger partial charge in [0.25, 0.3) is 0 Å². The van der Waals surface area contributed by atoms with Crippen LogP contribution in [0.25, 0.3) is 16.8 Å². The Bertz CT molecular complexity index is 1420. The Balaban J connectivity index is 1.35. The molecule has 0 amide bonds. The minimum Gasteiger partial charge on any atom is -0.375 e. The van der Waals surface area contributed by atoms with Crippen LogP contribution in [-0.4, -0.2) is 45.9 Å². The fourth-order valence-corrected chi connectivity index (χ4v) is 5.62. The van der Waals surface area contributed by atoms with Gasteiger partial charge >= 0.3 is 0 Å². The van der Waals surface area contributed by atoms with E-state index in [9.17, 15) is 0 Å². The van der Waals surface area contributed by atoms with Gasteiger partial charge in [0.15, 0.2) is 0 Å². The molecule has 4 aromatic rings. The lowest BCUT2D eigenvalue weighted by atomic mass is 9.80.